The molecule has 2 N–H and O–H groups in total. The average molecular weight is 424 g/mol. The monoisotopic (exact) mass is 423 g/mol. The van der Waals surface area contributed by atoms with Crippen LogP contribution in [-0.4, -0.2) is 58.0 Å². The molecule has 0 spiro atoms. The molecule has 0 radical (unpaired) electrons. The standard InChI is InChI=1S/C23H29N5O3/c1-3-10-24-22(29)17-8-11-27(12-9-17)23(30)20-13-19-21(26-15-25-19)28(20)14-16-4-6-18(31-2)7-5-16/h4-7,13,15,17H,3,8-12,14H2,1-2H3,(H,24,29)(H,25,26). The number of aromatic amines is 1. The van der Waals surface area contributed by atoms with Crippen LogP contribution in [-0.2, 0) is 11.3 Å². The summed E-state index contributed by atoms with van der Waals surface area (Å²) >= 11 is 0. The van der Waals surface area contributed by atoms with Crippen LogP contribution in [0, 0.1) is 5.92 Å². The number of methoxy groups -OCH3 is 1. The van der Waals surface area contributed by atoms with Crippen LogP contribution in [0.25, 0.3) is 11.2 Å². The van der Waals surface area contributed by atoms with Gasteiger partial charge in [-0.3, -0.25) is 9.59 Å². The van der Waals surface area contributed by atoms with Crippen molar-refractivity contribution in [3.05, 3.63) is 47.9 Å². The Labute approximate surface area is 181 Å². The van der Waals surface area contributed by atoms with Crippen molar-refractivity contribution < 1.29 is 14.3 Å². The van der Waals surface area contributed by atoms with Gasteiger partial charge < -0.3 is 24.5 Å². The molecule has 31 heavy (non-hydrogen) atoms. The van der Waals surface area contributed by atoms with Crippen LogP contribution >= 0.6 is 0 Å². The molecule has 1 aliphatic heterocycles. The van der Waals surface area contributed by atoms with Crippen LogP contribution in [0.5, 0.6) is 5.75 Å². The second kappa shape index (κ2) is 9.24. The molecular weight excluding hydrogens is 394 g/mol. The number of imidazole rings is 1. The fourth-order valence-corrected chi connectivity index (χ4v) is 4.10. The highest BCUT2D eigenvalue weighted by Crippen LogP contribution is 2.24. The first-order valence-corrected chi connectivity index (χ1v) is 10.8. The van der Waals surface area contributed by atoms with E-state index in [0.29, 0.717) is 44.7 Å². The van der Waals surface area contributed by atoms with E-state index in [0.717, 1.165) is 28.9 Å². The Morgan fingerprint density at radius 1 is 1.23 bits per heavy atom. The van der Waals surface area contributed by atoms with Crippen molar-refractivity contribution in [1.29, 1.82) is 0 Å². The third kappa shape index (κ3) is 4.42. The number of hydrogen-bond acceptors (Lipinski definition) is 4. The Morgan fingerprint density at radius 3 is 2.65 bits per heavy atom. The summed E-state index contributed by atoms with van der Waals surface area (Å²) in [5.74, 6) is 0.864. The van der Waals surface area contributed by atoms with Gasteiger partial charge >= 0.3 is 0 Å². The minimum Gasteiger partial charge on any atom is -0.497 e. The van der Waals surface area contributed by atoms with Gasteiger partial charge in [0, 0.05) is 32.1 Å². The summed E-state index contributed by atoms with van der Waals surface area (Å²) in [5.41, 5.74) is 3.26. The summed E-state index contributed by atoms with van der Waals surface area (Å²) in [4.78, 5) is 35.0. The van der Waals surface area contributed by atoms with Gasteiger partial charge in [-0.05, 0) is 43.0 Å². The maximum atomic E-state index is 13.4. The van der Waals surface area contributed by atoms with Crippen molar-refractivity contribution in [2.45, 2.75) is 32.7 Å². The van der Waals surface area contributed by atoms with Gasteiger partial charge in [-0.1, -0.05) is 19.1 Å². The molecule has 3 heterocycles. The Balaban J connectivity index is 1.50. The smallest absolute Gasteiger partial charge is 0.270 e. The minimum atomic E-state index is -0.0210. The lowest BCUT2D eigenvalue weighted by atomic mass is 9.95. The number of benzene rings is 1. The molecule has 4 rings (SSSR count). The fourth-order valence-electron chi connectivity index (χ4n) is 4.10. The highest BCUT2D eigenvalue weighted by molar-refractivity contribution is 5.97. The van der Waals surface area contributed by atoms with Gasteiger partial charge in [-0.2, -0.15) is 0 Å². The molecule has 0 aliphatic carbocycles. The highest BCUT2D eigenvalue weighted by atomic mass is 16.5. The number of fused-ring (bicyclic) bond motifs is 1. The van der Waals surface area contributed by atoms with Gasteiger partial charge in [0.1, 0.15) is 11.4 Å². The second-order valence-electron chi connectivity index (χ2n) is 7.96. The summed E-state index contributed by atoms with van der Waals surface area (Å²) < 4.78 is 7.19. The molecule has 2 aromatic heterocycles. The molecule has 3 aromatic rings. The lowest BCUT2D eigenvalue weighted by molar-refractivity contribution is -0.126. The number of nitrogens with zero attached hydrogens (tertiary/aromatic N) is 3. The lowest BCUT2D eigenvalue weighted by Gasteiger charge is -2.31. The molecule has 0 atom stereocenters. The zero-order chi connectivity index (χ0) is 21.8. The molecule has 0 unspecified atom stereocenters. The summed E-state index contributed by atoms with van der Waals surface area (Å²) in [7, 11) is 1.64. The number of aromatic nitrogens is 3. The van der Waals surface area contributed by atoms with Gasteiger partial charge in [-0.15, -0.1) is 0 Å². The average Bonchev–Trinajstić information content (AvgIpc) is 3.40. The second-order valence-corrected chi connectivity index (χ2v) is 7.96. The molecule has 1 aromatic carbocycles. The number of carbonyl (C=O) groups is 2. The largest absolute Gasteiger partial charge is 0.497 e. The van der Waals surface area contributed by atoms with Crippen molar-refractivity contribution >= 4 is 23.0 Å². The number of rotatable bonds is 7. The molecule has 8 heteroatoms. The topological polar surface area (TPSA) is 92.3 Å². The maximum absolute atomic E-state index is 13.4. The van der Waals surface area contributed by atoms with Gasteiger partial charge in [0.2, 0.25) is 5.91 Å². The number of carbonyl (C=O) groups excluding carboxylic acids is 2. The first-order chi connectivity index (χ1) is 15.1. The van der Waals surface area contributed by atoms with Crippen LogP contribution in [0.4, 0.5) is 0 Å². The molecule has 1 saturated heterocycles. The van der Waals surface area contributed by atoms with Crippen LogP contribution in [0.2, 0.25) is 0 Å². The molecular formula is C23H29N5O3. The lowest BCUT2D eigenvalue weighted by Crippen LogP contribution is -2.43. The summed E-state index contributed by atoms with van der Waals surface area (Å²) in [5, 5.41) is 2.97. The number of H-pyrrole nitrogens is 1. The number of nitrogens with one attached hydrogen (secondary N) is 2. The maximum Gasteiger partial charge on any atom is 0.270 e. The predicted molar refractivity (Wildman–Crippen MR) is 118 cm³/mol. The van der Waals surface area contributed by atoms with Gasteiger partial charge in [0.05, 0.1) is 19.0 Å². The van der Waals surface area contributed by atoms with Crippen molar-refractivity contribution in [3.63, 3.8) is 0 Å². The molecule has 1 aliphatic rings. The van der Waals surface area contributed by atoms with E-state index in [1.807, 2.05) is 46.7 Å². The van der Waals surface area contributed by atoms with Crippen molar-refractivity contribution in [3.8, 4) is 5.75 Å². The molecule has 0 bridgehead atoms. The highest BCUT2D eigenvalue weighted by Gasteiger charge is 2.29. The zero-order valence-corrected chi connectivity index (χ0v) is 18.1. The van der Waals surface area contributed by atoms with Crippen LogP contribution < -0.4 is 10.1 Å². The van der Waals surface area contributed by atoms with E-state index in [1.54, 1.807) is 13.4 Å². The van der Waals surface area contributed by atoms with Gasteiger partial charge in [-0.25, -0.2) is 4.98 Å². The molecule has 1 fully saturated rings. The normalized spacial score (nSPS) is 14.7. The number of likely N-dealkylation sites (tertiary alicyclic amines) is 1. The summed E-state index contributed by atoms with van der Waals surface area (Å²) in [6.07, 6.45) is 3.95. The van der Waals surface area contributed by atoms with Crippen LogP contribution in [0.3, 0.4) is 0 Å². The molecule has 8 nitrogen and oxygen atoms in total. The SMILES string of the molecule is CCCNC(=O)C1CCN(C(=O)c2cc3[nH]cnc3n2Cc2ccc(OC)cc2)CC1. The number of piperidine rings is 1. The van der Waals surface area contributed by atoms with E-state index < -0.39 is 0 Å². The third-order valence-electron chi connectivity index (χ3n) is 5.90. The number of ether oxygens (including phenoxy) is 1. The number of hydrogen-bond donors (Lipinski definition) is 2. The summed E-state index contributed by atoms with van der Waals surface area (Å²) in [6, 6.07) is 9.68. The Kier molecular flexibility index (Phi) is 6.25. The first kappa shape index (κ1) is 21.0. The predicted octanol–water partition coefficient (Wildman–Crippen LogP) is 2.80. The minimum absolute atomic E-state index is 0.0158. The van der Waals surface area contributed by atoms with E-state index in [4.69, 9.17) is 4.74 Å². The first-order valence-electron chi connectivity index (χ1n) is 10.8. The molecule has 2 amide bonds. The van der Waals surface area contributed by atoms with E-state index in [-0.39, 0.29) is 17.7 Å². The third-order valence-corrected chi connectivity index (χ3v) is 5.90. The van der Waals surface area contributed by atoms with Gasteiger partial charge in [0.25, 0.3) is 5.91 Å². The van der Waals surface area contributed by atoms with E-state index in [1.165, 1.54) is 0 Å². The van der Waals surface area contributed by atoms with E-state index in [9.17, 15) is 9.59 Å². The van der Waals surface area contributed by atoms with Crippen molar-refractivity contribution in [1.82, 2.24) is 24.8 Å². The quantitative estimate of drug-likeness (QED) is 0.611. The van der Waals surface area contributed by atoms with E-state index in [2.05, 4.69) is 15.3 Å². The fraction of sp³-hybridized carbons (Fsp3) is 0.435. The number of amides is 2. The van der Waals surface area contributed by atoms with Gasteiger partial charge in [0.15, 0.2) is 5.65 Å². The van der Waals surface area contributed by atoms with Crippen molar-refractivity contribution in [2.75, 3.05) is 26.7 Å². The summed E-state index contributed by atoms with van der Waals surface area (Å²) in [6.45, 7) is 4.44. The van der Waals surface area contributed by atoms with Crippen molar-refractivity contribution in [2.24, 2.45) is 5.92 Å². The van der Waals surface area contributed by atoms with E-state index >= 15 is 0 Å². The molecule has 0 saturated carbocycles. The van der Waals surface area contributed by atoms with Crippen LogP contribution in [0.1, 0.15) is 42.2 Å². The zero-order valence-electron chi connectivity index (χ0n) is 18.1. The Hall–Kier alpha value is -3.29. The Bertz CT molecular complexity index is 1050. The Morgan fingerprint density at radius 2 is 1.97 bits per heavy atom. The molecule has 164 valence electrons. The van der Waals surface area contributed by atoms with Crippen LogP contribution in [0.15, 0.2) is 36.7 Å².